The van der Waals surface area contributed by atoms with E-state index in [-0.39, 0.29) is 11.7 Å². The molecule has 0 unspecified atom stereocenters. The number of carbonyl (C=O) groups excluding carboxylic acids is 2. The molecule has 3 rings (SSSR count). The van der Waals surface area contributed by atoms with Crippen LogP contribution in [-0.4, -0.2) is 50.5 Å². The third-order valence-corrected chi connectivity index (χ3v) is 5.42. The minimum absolute atomic E-state index is 0.000295. The van der Waals surface area contributed by atoms with Crippen LogP contribution in [0.1, 0.15) is 31.1 Å². The molecule has 1 saturated heterocycles. The molecule has 1 heterocycles. The molecule has 1 atom stereocenters. The van der Waals surface area contributed by atoms with E-state index in [1.165, 1.54) is 6.92 Å². The van der Waals surface area contributed by atoms with E-state index in [1.54, 1.807) is 36.1 Å². The van der Waals surface area contributed by atoms with Gasteiger partial charge in [0.25, 0.3) is 5.91 Å². The summed E-state index contributed by atoms with van der Waals surface area (Å²) in [6.45, 7) is 10.8. The maximum Gasteiger partial charge on any atom is 0.265 e. The molecule has 1 aliphatic heterocycles. The first-order valence-electron chi connectivity index (χ1n) is 10.2. The Labute approximate surface area is 172 Å². The van der Waals surface area contributed by atoms with Crippen LogP contribution in [0, 0.1) is 0 Å². The molecule has 6 nitrogen and oxygen atoms in total. The van der Waals surface area contributed by atoms with Gasteiger partial charge in [-0.05, 0) is 57.2 Å². The van der Waals surface area contributed by atoms with E-state index in [0.717, 1.165) is 44.1 Å². The summed E-state index contributed by atoms with van der Waals surface area (Å²) in [5.74, 6) is 0.357. The monoisotopic (exact) mass is 396 g/mol. The van der Waals surface area contributed by atoms with Crippen molar-refractivity contribution in [2.45, 2.75) is 26.9 Å². The van der Waals surface area contributed by atoms with Gasteiger partial charge in [-0.15, -0.1) is 0 Å². The molecule has 1 aliphatic rings. The molecular formula is C23H30N3O3+. The van der Waals surface area contributed by atoms with Gasteiger partial charge in [-0.3, -0.25) is 9.59 Å². The van der Waals surface area contributed by atoms with Gasteiger partial charge in [-0.25, -0.2) is 0 Å². The highest BCUT2D eigenvalue weighted by Crippen LogP contribution is 2.26. The number of Topliss-reactive ketones (excluding diaryl/α,β-unsaturated/α-hetero) is 1. The number of amides is 1. The van der Waals surface area contributed by atoms with Crippen LogP contribution in [0.5, 0.6) is 5.75 Å². The van der Waals surface area contributed by atoms with Crippen molar-refractivity contribution in [2.24, 2.45) is 0 Å². The zero-order chi connectivity index (χ0) is 20.8. The Kier molecular flexibility index (Phi) is 6.88. The highest BCUT2D eigenvalue weighted by atomic mass is 16.5. The van der Waals surface area contributed by atoms with Gasteiger partial charge in [0.1, 0.15) is 5.75 Å². The molecule has 1 fully saturated rings. The Morgan fingerprint density at radius 3 is 2.38 bits per heavy atom. The number of piperazine rings is 1. The maximum atomic E-state index is 12.7. The quantitative estimate of drug-likeness (QED) is 0.703. The lowest BCUT2D eigenvalue weighted by molar-refractivity contribution is -0.898. The van der Waals surface area contributed by atoms with E-state index in [4.69, 9.17) is 4.74 Å². The smallest absolute Gasteiger partial charge is 0.265 e. The number of hydrogen-bond acceptors (Lipinski definition) is 4. The molecule has 6 heteroatoms. The maximum absolute atomic E-state index is 12.7. The van der Waals surface area contributed by atoms with Crippen molar-refractivity contribution in [1.82, 2.24) is 0 Å². The highest BCUT2D eigenvalue weighted by Gasteiger charge is 2.22. The normalized spacial score (nSPS) is 15.6. The molecular weight excluding hydrogens is 366 g/mol. The SMILES string of the molecule is CC[NH+]1CCN(c2ccccc2NC(=O)[C@@H](C)Oc2ccc(C(C)=O)cc2)CC1. The van der Waals surface area contributed by atoms with Gasteiger partial charge < -0.3 is 19.9 Å². The minimum Gasteiger partial charge on any atom is -0.481 e. The van der Waals surface area contributed by atoms with Gasteiger partial charge >= 0.3 is 0 Å². The lowest BCUT2D eigenvalue weighted by Gasteiger charge is -2.34. The van der Waals surface area contributed by atoms with Crippen molar-refractivity contribution < 1.29 is 19.2 Å². The molecule has 0 aromatic heterocycles. The lowest BCUT2D eigenvalue weighted by atomic mass is 10.1. The first-order valence-corrected chi connectivity index (χ1v) is 10.2. The van der Waals surface area contributed by atoms with Gasteiger partial charge in [-0.2, -0.15) is 0 Å². The fourth-order valence-electron chi connectivity index (χ4n) is 3.53. The van der Waals surface area contributed by atoms with Crippen LogP contribution in [0.2, 0.25) is 0 Å². The van der Waals surface area contributed by atoms with Crippen molar-refractivity contribution in [3.05, 3.63) is 54.1 Å². The van der Waals surface area contributed by atoms with Gasteiger partial charge in [0.05, 0.1) is 44.1 Å². The summed E-state index contributed by atoms with van der Waals surface area (Å²) in [4.78, 5) is 28.0. The van der Waals surface area contributed by atoms with Crippen molar-refractivity contribution in [1.29, 1.82) is 0 Å². The summed E-state index contributed by atoms with van der Waals surface area (Å²) in [5, 5.41) is 3.02. The van der Waals surface area contributed by atoms with Gasteiger partial charge in [0.2, 0.25) is 0 Å². The molecule has 2 aromatic carbocycles. The van der Waals surface area contributed by atoms with Crippen LogP contribution in [-0.2, 0) is 4.79 Å². The number of likely N-dealkylation sites (N-methyl/N-ethyl adjacent to an activating group) is 1. The minimum atomic E-state index is -0.660. The van der Waals surface area contributed by atoms with Crippen LogP contribution < -0.4 is 19.9 Å². The molecule has 1 amide bonds. The van der Waals surface area contributed by atoms with Crippen LogP contribution in [0.4, 0.5) is 11.4 Å². The van der Waals surface area contributed by atoms with Crippen molar-refractivity contribution in [3.8, 4) is 5.75 Å². The molecule has 2 aromatic rings. The van der Waals surface area contributed by atoms with Crippen LogP contribution in [0.15, 0.2) is 48.5 Å². The molecule has 0 spiro atoms. The summed E-state index contributed by atoms with van der Waals surface area (Å²) in [6.07, 6.45) is -0.660. The van der Waals surface area contributed by atoms with E-state index < -0.39 is 6.10 Å². The Morgan fingerprint density at radius 1 is 1.10 bits per heavy atom. The number of nitrogens with zero attached hydrogens (tertiary/aromatic N) is 1. The van der Waals surface area contributed by atoms with Crippen LogP contribution in [0.3, 0.4) is 0 Å². The van der Waals surface area contributed by atoms with E-state index in [1.807, 2.05) is 18.2 Å². The Bertz CT molecular complexity index is 843. The predicted molar refractivity (Wildman–Crippen MR) is 115 cm³/mol. The molecule has 0 radical (unpaired) electrons. The lowest BCUT2D eigenvalue weighted by Crippen LogP contribution is -3.14. The number of para-hydroxylation sites is 2. The average Bonchev–Trinajstić information content (AvgIpc) is 2.74. The molecule has 2 N–H and O–H groups in total. The second-order valence-electron chi connectivity index (χ2n) is 7.44. The van der Waals surface area contributed by atoms with Gasteiger partial charge in [0.15, 0.2) is 11.9 Å². The fourth-order valence-corrected chi connectivity index (χ4v) is 3.53. The second kappa shape index (κ2) is 9.56. The summed E-state index contributed by atoms with van der Waals surface area (Å²) >= 11 is 0. The van der Waals surface area contributed by atoms with Crippen LogP contribution in [0.25, 0.3) is 0 Å². The van der Waals surface area contributed by atoms with E-state index >= 15 is 0 Å². The number of carbonyl (C=O) groups is 2. The first kappa shape index (κ1) is 20.9. The standard InChI is InChI=1S/C23H29N3O3/c1-4-25-13-15-26(16-14-25)22-8-6-5-7-21(22)24-23(28)18(3)29-20-11-9-19(10-12-20)17(2)27/h5-12,18H,4,13-16H2,1-3H3,(H,24,28)/p+1/t18-/m1/s1. The molecule has 29 heavy (non-hydrogen) atoms. The third-order valence-electron chi connectivity index (χ3n) is 5.42. The molecule has 0 aliphatic carbocycles. The van der Waals surface area contributed by atoms with Gasteiger partial charge in [0, 0.05) is 5.56 Å². The number of ether oxygens (including phenoxy) is 1. The predicted octanol–water partition coefficient (Wildman–Crippen LogP) is 2.02. The number of quaternary nitrogens is 1. The van der Waals surface area contributed by atoms with E-state index in [2.05, 4.69) is 23.2 Å². The summed E-state index contributed by atoms with van der Waals surface area (Å²) in [6, 6.07) is 14.7. The Balaban J connectivity index is 1.63. The second-order valence-corrected chi connectivity index (χ2v) is 7.44. The number of ketones is 1. The highest BCUT2D eigenvalue weighted by molar-refractivity contribution is 5.97. The zero-order valence-corrected chi connectivity index (χ0v) is 17.4. The number of rotatable bonds is 7. The van der Waals surface area contributed by atoms with Crippen LogP contribution >= 0.6 is 0 Å². The fraction of sp³-hybridized carbons (Fsp3) is 0.391. The molecule has 154 valence electrons. The number of benzene rings is 2. The third kappa shape index (κ3) is 5.35. The summed E-state index contributed by atoms with van der Waals surface area (Å²) in [5.41, 5.74) is 2.47. The average molecular weight is 397 g/mol. The number of nitrogens with one attached hydrogen (secondary N) is 2. The molecule has 0 saturated carbocycles. The van der Waals surface area contributed by atoms with Crippen molar-refractivity contribution in [2.75, 3.05) is 42.9 Å². The Morgan fingerprint density at radius 2 is 1.76 bits per heavy atom. The molecule has 0 bridgehead atoms. The Hall–Kier alpha value is -2.86. The topological polar surface area (TPSA) is 63.1 Å². The van der Waals surface area contributed by atoms with E-state index in [0.29, 0.717) is 11.3 Å². The first-order chi connectivity index (χ1) is 14.0. The largest absolute Gasteiger partial charge is 0.481 e. The van der Waals surface area contributed by atoms with Crippen molar-refractivity contribution >= 4 is 23.1 Å². The number of hydrogen-bond donors (Lipinski definition) is 2. The van der Waals surface area contributed by atoms with Crippen molar-refractivity contribution in [3.63, 3.8) is 0 Å². The van der Waals surface area contributed by atoms with E-state index in [9.17, 15) is 9.59 Å². The summed E-state index contributed by atoms with van der Waals surface area (Å²) < 4.78 is 5.76. The summed E-state index contributed by atoms with van der Waals surface area (Å²) in [7, 11) is 0. The van der Waals surface area contributed by atoms with Gasteiger partial charge in [-0.1, -0.05) is 12.1 Å². The zero-order valence-electron chi connectivity index (χ0n) is 17.4. The number of anilines is 2.